The number of cyclic esters (lactones) is 1. The van der Waals surface area contributed by atoms with Gasteiger partial charge in [-0.2, -0.15) is 0 Å². The van der Waals surface area contributed by atoms with E-state index in [4.69, 9.17) is 9.47 Å². The van der Waals surface area contributed by atoms with Gasteiger partial charge < -0.3 is 9.47 Å². The normalized spacial score (nSPS) is 25.2. The van der Waals surface area contributed by atoms with Crippen molar-refractivity contribution in [1.29, 1.82) is 0 Å². The van der Waals surface area contributed by atoms with Crippen molar-refractivity contribution in [3.8, 4) is 0 Å². The summed E-state index contributed by atoms with van der Waals surface area (Å²) in [4.78, 5) is 22.0. The van der Waals surface area contributed by atoms with Gasteiger partial charge in [0.05, 0.1) is 6.42 Å². The standard InChI is InChI=1S/C13H20O4/c1-4-11(16-9(3)14)7-6-10-8-13(15)17-12(10)5-2/h4,10-12H,1,5-8H2,2-3H3/t10-,11+,12?/m0/s1. The zero-order valence-corrected chi connectivity index (χ0v) is 10.5. The molecule has 0 aromatic carbocycles. The van der Waals surface area contributed by atoms with Crippen LogP contribution in [0.3, 0.4) is 0 Å². The van der Waals surface area contributed by atoms with Crippen LogP contribution in [0.15, 0.2) is 12.7 Å². The van der Waals surface area contributed by atoms with E-state index in [9.17, 15) is 9.59 Å². The van der Waals surface area contributed by atoms with E-state index in [-0.39, 0.29) is 30.1 Å². The van der Waals surface area contributed by atoms with Gasteiger partial charge in [0.25, 0.3) is 0 Å². The van der Waals surface area contributed by atoms with E-state index in [2.05, 4.69) is 6.58 Å². The predicted molar refractivity (Wildman–Crippen MR) is 63.3 cm³/mol. The van der Waals surface area contributed by atoms with Crippen LogP contribution in [0.4, 0.5) is 0 Å². The summed E-state index contributed by atoms with van der Waals surface area (Å²) >= 11 is 0. The zero-order valence-electron chi connectivity index (χ0n) is 10.5. The highest BCUT2D eigenvalue weighted by molar-refractivity contribution is 5.72. The van der Waals surface area contributed by atoms with Crippen LogP contribution in [0, 0.1) is 5.92 Å². The molecular formula is C13H20O4. The van der Waals surface area contributed by atoms with E-state index in [1.165, 1.54) is 6.92 Å². The minimum atomic E-state index is -0.305. The van der Waals surface area contributed by atoms with Crippen LogP contribution < -0.4 is 0 Å². The fraction of sp³-hybridized carbons (Fsp3) is 0.692. The quantitative estimate of drug-likeness (QED) is 0.527. The van der Waals surface area contributed by atoms with E-state index in [1.54, 1.807) is 6.08 Å². The molecule has 0 aromatic heterocycles. The fourth-order valence-corrected chi connectivity index (χ4v) is 2.18. The van der Waals surface area contributed by atoms with Crippen LogP contribution in [-0.2, 0) is 19.1 Å². The van der Waals surface area contributed by atoms with Gasteiger partial charge in [0.15, 0.2) is 0 Å². The first kappa shape index (κ1) is 13.7. The Morgan fingerprint density at radius 1 is 1.71 bits per heavy atom. The van der Waals surface area contributed by atoms with Crippen LogP contribution >= 0.6 is 0 Å². The lowest BCUT2D eigenvalue weighted by Gasteiger charge is -2.18. The summed E-state index contributed by atoms with van der Waals surface area (Å²) in [6, 6.07) is 0. The summed E-state index contributed by atoms with van der Waals surface area (Å²) in [5, 5.41) is 0. The van der Waals surface area contributed by atoms with Crippen LogP contribution in [0.25, 0.3) is 0 Å². The van der Waals surface area contributed by atoms with Gasteiger partial charge in [0, 0.05) is 12.8 Å². The third-order valence-corrected chi connectivity index (χ3v) is 3.04. The van der Waals surface area contributed by atoms with Gasteiger partial charge in [-0.05, 0) is 19.3 Å². The molecule has 0 aliphatic carbocycles. The summed E-state index contributed by atoms with van der Waals surface area (Å²) < 4.78 is 10.3. The average Bonchev–Trinajstić information content (AvgIpc) is 2.64. The molecule has 0 bridgehead atoms. The van der Waals surface area contributed by atoms with Crippen molar-refractivity contribution < 1.29 is 19.1 Å². The van der Waals surface area contributed by atoms with Crippen molar-refractivity contribution in [2.45, 2.75) is 51.7 Å². The molecule has 4 heteroatoms. The van der Waals surface area contributed by atoms with Crippen LogP contribution in [0.2, 0.25) is 0 Å². The molecule has 0 radical (unpaired) electrons. The Hall–Kier alpha value is -1.32. The van der Waals surface area contributed by atoms with Crippen molar-refractivity contribution in [2.75, 3.05) is 0 Å². The molecule has 3 atom stereocenters. The second-order valence-corrected chi connectivity index (χ2v) is 4.36. The Morgan fingerprint density at radius 2 is 2.41 bits per heavy atom. The molecule has 0 amide bonds. The minimum Gasteiger partial charge on any atom is -0.462 e. The third kappa shape index (κ3) is 4.21. The molecule has 1 rings (SSSR count). The van der Waals surface area contributed by atoms with E-state index in [1.807, 2.05) is 6.92 Å². The molecule has 4 nitrogen and oxygen atoms in total. The van der Waals surface area contributed by atoms with E-state index < -0.39 is 0 Å². The molecule has 0 saturated carbocycles. The van der Waals surface area contributed by atoms with Crippen molar-refractivity contribution in [3.63, 3.8) is 0 Å². The average molecular weight is 240 g/mol. The van der Waals surface area contributed by atoms with Gasteiger partial charge in [0.1, 0.15) is 12.2 Å². The lowest BCUT2D eigenvalue weighted by Crippen LogP contribution is -2.19. The molecule has 0 aromatic rings. The second-order valence-electron chi connectivity index (χ2n) is 4.36. The maximum absolute atomic E-state index is 11.2. The lowest BCUT2D eigenvalue weighted by atomic mass is 9.93. The predicted octanol–water partition coefficient (Wildman–Crippen LogP) is 2.23. The first-order valence-electron chi connectivity index (χ1n) is 6.06. The van der Waals surface area contributed by atoms with Gasteiger partial charge >= 0.3 is 11.9 Å². The third-order valence-electron chi connectivity index (χ3n) is 3.04. The minimum absolute atomic E-state index is 0.0188. The SMILES string of the molecule is C=C[C@H](CC[C@H]1CC(=O)OC1CC)OC(C)=O. The topological polar surface area (TPSA) is 52.6 Å². The molecule has 1 aliphatic rings. The van der Waals surface area contributed by atoms with Gasteiger partial charge in [-0.25, -0.2) is 0 Å². The fourth-order valence-electron chi connectivity index (χ4n) is 2.18. The number of carbonyl (C=O) groups excluding carboxylic acids is 2. The smallest absolute Gasteiger partial charge is 0.306 e. The first-order chi connectivity index (χ1) is 8.06. The number of hydrogen-bond donors (Lipinski definition) is 0. The summed E-state index contributed by atoms with van der Waals surface area (Å²) in [7, 11) is 0. The Kier molecular flexibility index (Phi) is 5.19. The van der Waals surface area contributed by atoms with Gasteiger partial charge in [-0.15, -0.1) is 0 Å². The van der Waals surface area contributed by atoms with Crippen molar-refractivity contribution >= 4 is 11.9 Å². The number of ether oxygens (including phenoxy) is 2. The van der Waals surface area contributed by atoms with Gasteiger partial charge in [-0.3, -0.25) is 9.59 Å². The summed E-state index contributed by atoms with van der Waals surface area (Å²) in [5.74, 6) is -0.185. The van der Waals surface area contributed by atoms with Crippen molar-refractivity contribution in [1.82, 2.24) is 0 Å². The highest BCUT2D eigenvalue weighted by Gasteiger charge is 2.33. The van der Waals surface area contributed by atoms with Crippen LogP contribution in [0.1, 0.15) is 39.5 Å². The molecule has 17 heavy (non-hydrogen) atoms. The molecule has 1 heterocycles. The van der Waals surface area contributed by atoms with Crippen molar-refractivity contribution in [2.24, 2.45) is 5.92 Å². The number of rotatable bonds is 6. The highest BCUT2D eigenvalue weighted by atomic mass is 16.6. The molecular weight excluding hydrogens is 220 g/mol. The van der Waals surface area contributed by atoms with Crippen LogP contribution in [-0.4, -0.2) is 24.1 Å². The van der Waals surface area contributed by atoms with E-state index in [0.717, 1.165) is 12.8 Å². The first-order valence-corrected chi connectivity index (χ1v) is 6.06. The highest BCUT2D eigenvalue weighted by Crippen LogP contribution is 2.29. The van der Waals surface area contributed by atoms with Crippen molar-refractivity contribution in [3.05, 3.63) is 12.7 Å². The molecule has 1 fully saturated rings. The molecule has 0 spiro atoms. The second kappa shape index (κ2) is 6.42. The monoisotopic (exact) mass is 240 g/mol. The largest absolute Gasteiger partial charge is 0.462 e. The number of esters is 2. The molecule has 0 N–H and O–H groups in total. The zero-order chi connectivity index (χ0) is 12.8. The van der Waals surface area contributed by atoms with E-state index >= 15 is 0 Å². The number of carbonyl (C=O) groups is 2. The maximum atomic E-state index is 11.2. The Labute approximate surface area is 102 Å². The van der Waals surface area contributed by atoms with Gasteiger partial charge in [0.2, 0.25) is 0 Å². The molecule has 96 valence electrons. The summed E-state index contributed by atoms with van der Waals surface area (Å²) in [6.07, 6.45) is 4.20. The number of hydrogen-bond acceptors (Lipinski definition) is 4. The lowest BCUT2D eigenvalue weighted by molar-refractivity contribution is -0.144. The molecule has 1 saturated heterocycles. The van der Waals surface area contributed by atoms with E-state index in [0.29, 0.717) is 12.8 Å². The Balaban J connectivity index is 2.40. The van der Waals surface area contributed by atoms with Gasteiger partial charge in [-0.1, -0.05) is 19.6 Å². The van der Waals surface area contributed by atoms with Crippen LogP contribution in [0.5, 0.6) is 0 Å². The Morgan fingerprint density at radius 3 is 2.94 bits per heavy atom. The molecule has 1 unspecified atom stereocenters. The summed E-state index contributed by atoms with van der Waals surface area (Å²) in [5.41, 5.74) is 0. The molecule has 1 aliphatic heterocycles. The maximum Gasteiger partial charge on any atom is 0.306 e. The Bertz CT molecular complexity index is 298. The summed E-state index contributed by atoms with van der Waals surface area (Å²) in [6.45, 7) is 7.03.